The zero-order chi connectivity index (χ0) is 12.8. The van der Waals surface area contributed by atoms with Gasteiger partial charge in [0.15, 0.2) is 0 Å². The predicted octanol–water partition coefficient (Wildman–Crippen LogP) is 4.02. The number of rotatable bonds is 1. The van der Waals surface area contributed by atoms with Crippen LogP contribution in [-0.4, -0.2) is 15.0 Å². The third-order valence-electron chi connectivity index (χ3n) is 3.48. The topological polar surface area (TPSA) is 44.5 Å². The summed E-state index contributed by atoms with van der Waals surface area (Å²) >= 11 is 0. The normalized spacial score (nSPS) is 11.4. The highest BCUT2D eigenvalue weighted by Crippen LogP contribution is 2.28. The molecule has 0 aliphatic rings. The second-order valence-corrected chi connectivity index (χ2v) is 4.85. The number of benzene rings is 2. The first kappa shape index (κ1) is 10.4. The highest BCUT2D eigenvalue weighted by atomic mass is 14.9. The third kappa shape index (κ3) is 1.55. The minimum atomic E-state index is 0.915. The lowest BCUT2D eigenvalue weighted by atomic mass is 10.2. The first-order valence-electron chi connectivity index (χ1n) is 6.34. The fraction of sp³-hybridized carbons (Fsp3) is 0.0625. The van der Waals surface area contributed by atoms with Crippen molar-refractivity contribution >= 4 is 21.9 Å². The predicted molar refractivity (Wildman–Crippen MR) is 78.1 cm³/mol. The molecular formula is C16H13N3. The molecule has 3 heteroatoms. The van der Waals surface area contributed by atoms with Gasteiger partial charge >= 0.3 is 0 Å². The molecule has 0 saturated heterocycles. The molecule has 2 aromatic carbocycles. The first-order chi connectivity index (χ1) is 9.31. The summed E-state index contributed by atoms with van der Waals surface area (Å²) in [6.45, 7) is 2.09. The second kappa shape index (κ2) is 3.72. The standard InChI is InChI=1S/C16H13N3/c1-10-6-7-14-15(8-10)19-16(18-14)12-9-17-13-5-3-2-4-11(12)13/h2-9,17H,1H3,(H,18,19). The van der Waals surface area contributed by atoms with Crippen LogP contribution in [0.1, 0.15) is 5.56 Å². The van der Waals surface area contributed by atoms with Crippen molar-refractivity contribution in [1.82, 2.24) is 15.0 Å². The fourth-order valence-electron chi connectivity index (χ4n) is 2.52. The van der Waals surface area contributed by atoms with E-state index in [-0.39, 0.29) is 0 Å². The van der Waals surface area contributed by atoms with Crippen LogP contribution < -0.4 is 0 Å². The summed E-state index contributed by atoms with van der Waals surface area (Å²) < 4.78 is 0. The summed E-state index contributed by atoms with van der Waals surface area (Å²) in [6.07, 6.45) is 2.01. The molecule has 0 atom stereocenters. The van der Waals surface area contributed by atoms with Crippen molar-refractivity contribution in [1.29, 1.82) is 0 Å². The highest BCUT2D eigenvalue weighted by Gasteiger charge is 2.09. The minimum Gasteiger partial charge on any atom is -0.360 e. The molecule has 0 amide bonds. The van der Waals surface area contributed by atoms with Gasteiger partial charge in [0.25, 0.3) is 0 Å². The van der Waals surface area contributed by atoms with Gasteiger partial charge in [0.1, 0.15) is 5.82 Å². The van der Waals surface area contributed by atoms with Gasteiger partial charge in [0.05, 0.1) is 11.0 Å². The van der Waals surface area contributed by atoms with E-state index >= 15 is 0 Å². The number of aromatic amines is 2. The maximum Gasteiger partial charge on any atom is 0.140 e. The molecule has 0 fully saturated rings. The van der Waals surface area contributed by atoms with Crippen LogP contribution in [0.5, 0.6) is 0 Å². The molecule has 0 aliphatic carbocycles. The van der Waals surface area contributed by atoms with Gasteiger partial charge in [-0.25, -0.2) is 4.98 Å². The smallest absolute Gasteiger partial charge is 0.140 e. The van der Waals surface area contributed by atoms with E-state index in [1.165, 1.54) is 10.9 Å². The first-order valence-corrected chi connectivity index (χ1v) is 6.34. The van der Waals surface area contributed by atoms with Crippen molar-refractivity contribution in [2.24, 2.45) is 0 Å². The molecule has 2 aromatic heterocycles. The molecular weight excluding hydrogens is 234 g/mol. The van der Waals surface area contributed by atoms with Crippen molar-refractivity contribution in [2.45, 2.75) is 6.92 Å². The van der Waals surface area contributed by atoms with Crippen LogP contribution in [-0.2, 0) is 0 Å². The third-order valence-corrected chi connectivity index (χ3v) is 3.48. The van der Waals surface area contributed by atoms with Gasteiger partial charge in [-0.2, -0.15) is 0 Å². The Morgan fingerprint density at radius 3 is 2.84 bits per heavy atom. The Kier molecular flexibility index (Phi) is 2.03. The average molecular weight is 247 g/mol. The van der Waals surface area contributed by atoms with Crippen LogP contribution in [0.25, 0.3) is 33.3 Å². The molecule has 4 rings (SSSR count). The molecule has 92 valence electrons. The minimum absolute atomic E-state index is 0.915. The summed E-state index contributed by atoms with van der Waals surface area (Å²) in [5, 5.41) is 1.19. The number of aryl methyl sites for hydroxylation is 1. The Balaban J connectivity index is 1.99. The molecule has 0 saturated carbocycles. The number of nitrogens with one attached hydrogen (secondary N) is 2. The van der Waals surface area contributed by atoms with Gasteiger partial charge in [-0.1, -0.05) is 24.3 Å². The fourth-order valence-corrected chi connectivity index (χ4v) is 2.52. The molecule has 0 spiro atoms. The molecule has 2 N–H and O–H groups in total. The largest absolute Gasteiger partial charge is 0.360 e. The van der Waals surface area contributed by atoms with Crippen LogP contribution in [0.2, 0.25) is 0 Å². The molecule has 3 nitrogen and oxygen atoms in total. The summed E-state index contributed by atoms with van der Waals surface area (Å²) in [7, 11) is 0. The molecule has 19 heavy (non-hydrogen) atoms. The number of H-pyrrole nitrogens is 2. The van der Waals surface area contributed by atoms with E-state index in [1.807, 2.05) is 18.3 Å². The Bertz CT molecular complexity index is 883. The van der Waals surface area contributed by atoms with E-state index < -0.39 is 0 Å². The van der Waals surface area contributed by atoms with Crippen molar-refractivity contribution in [3.05, 3.63) is 54.2 Å². The summed E-state index contributed by atoms with van der Waals surface area (Å²) in [6, 6.07) is 14.5. The number of aromatic nitrogens is 3. The van der Waals surface area contributed by atoms with Crippen LogP contribution in [0.4, 0.5) is 0 Å². The van der Waals surface area contributed by atoms with Crippen LogP contribution in [0.3, 0.4) is 0 Å². The van der Waals surface area contributed by atoms with Crippen molar-refractivity contribution in [3.63, 3.8) is 0 Å². The van der Waals surface area contributed by atoms with Gasteiger partial charge in [-0.05, 0) is 30.7 Å². The monoisotopic (exact) mass is 247 g/mol. The maximum absolute atomic E-state index is 4.67. The van der Waals surface area contributed by atoms with Crippen LogP contribution in [0.15, 0.2) is 48.7 Å². The Morgan fingerprint density at radius 1 is 1.00 bits per heavy atom. The lowest BCUT2D eigenvalue weighted by Crippen LogP contribution is -1.77. The number of para-hydroxylation sites is 1. The SMILES string of the molecule is Cc1ccc2nc(-c3c[nH]c4ccccc34)[nH]c2c1. The van der Waals surface area contributed by atoms with Gasteiger partial charge in [0.2, 0.25) is 0 Å². The second-order valence-electron chi connectivity index (χ2n) is 4.85. The molecule has 0 bridgehead atoms. The average Bonchev–Trinajstić information content (AvgIpc) is 3.00. The van der Waals surface area contributed by atoms with Crippen molar-refractivity contribution in [2.75, 3.05) is 0 Å². The van der Waals surface area contributed by atoms with E-state index in [9.17, 15) is 0 Å². The quantitative estimate of drug-likeness (QED) is 0.524. The number of hydrogen-bond acceptors (Lipinski definition) is 1. The van der Waals surface area contributed by atoms with Gasteiger partial charge in [-0.3, -0.25) is 0 Å². The Labute approximate surface area is 110 Å². The summed E-state index contributed by atoms with van der Waals surface area (Å²) in [4.78, 5) is 11.4. The molecule has 0 unspecified atom stereocenters. The number of hydrogen-bond donors (Lipinski definition) is 2. The molecule has 0 aliphatic heterocycles. The number of imidazole rings is 1. The lowest BCUT2D eigenvalue weighted by Gasteiger charge is -1.93. The van der Waals surface area contributed by atoms with E-state index in [2.05, 4.69) is 52.2 Å². The summed E-state index contributed by atoms with van der Waals surface area (Å²) in [5.41, 5.74) is 5.58. The number of nitrogens with zero attached hydrogens (tertiary/aromatic N) is 1. The van der Waals surface area contributed by atoms with E-state index in [4.69, 9.17) is 0 Å². The highest BCUT2D eigenvalue weighted by molar-refractivity contribution is 5.95. The van der Waals surface area contributed by atoms with Crippen LogP contribution in [0, 0.1) is 6.92 Å². The van der Waals surface area contributed by atoms with Crippen molar-refractivity contribution < 1.29 is 0 Å². The van der Waals surface area contributed by atoms with Gasteiger partial charge < -0.3 is 9.97 Å². The van der Waals surface area contributed by atoms with Crippen LogP contribution >= 0.6 is 0 Å². The van der Waals surface area contributed by atoms with E-state index in [0.717, 1.165) is 27.9 Å². The van der Waals surface area contributed by atoms with Crippen molar-refractivity contribution in [3.8, 4) is 11.4 Å². The zero-order valence-electron chi connectivity index (χ0n) is 10.6. The Morgan fingerprint density at radius 2 is 1.89 bits per heavy atom. The molecule has 4 aromatic rings. The molecule has 2 heterocycles. The van der Waals surface area contributed by atoms with E-state index in [0.29, 0.717) is 0 Å². The Hall–Kier alpha value is -2.55. The zero-order valence-corrected chi connectivity index (χ0v) is 10.6. The number of fused-ring (bicyclic) bond motifs is 2. The maximum atomic E-state index is 4.67. The van der Waals surface area contributed by atoms with Gasteiger partial charge in [-0.15, -0.1) is 0 Å². The van der Waals surface area contributed by atoms with Gasteiger partial charge in [0, 0.05) is 22.7 Å². The summed E-state index contributed by atoms with van der Waals surface area (Å²) in [5.74, 6) is 0.915. The lowest BCUT2D eigenvalue weighted by molar-refractivity contribution is 1.34. The molecule has 0 radical (unpaired) electrons. The van der Waals surface area contributed by atoms with E-state index in [1.54, 1.807) is 0 Å².